The van der Waals surface area contributed by atoms with E-state index in [0.717, 1.165) is 13.1 Å². The van der Waals surface area contributed by atoms with E-state index >= 15 is 0 Å². The highest BCUT2D eigenvalue weighted by Crippen LogP contribution is 2.26. The summed E-state index contributed by atoms with van der Waals surface area (Å²) < 4.78 is 0. The number of imidazole rings is 1. The number of nitrogens with one attached hydrogen (secondary N) is 1. The molecule has 6 nitrogen and oxygen atoms in total. The third kappa shape index (κ3) is 2.66. The van der Waals surface area contributed by atoms with Crippen LogP contribution in [0, 0.1) is 6.92 Å². The maximum atomic E-state index is 11.5. The van der Waals surface area contributed by atoms with Crippen molar-refractivity contribution in [2.45, 2.75) is 13.0 Å². The fourth-order valence-electron chi connectivity index (χ4n) is 2.21. The molecule has 2 rings (SSSR count). The first-order valence-electron chi connectivity index (χ1n) is 5.86. The number of carboxylic acids is 1. The van der Waals surface area contributed by atoms with Gasteiger partial charge in [0.2, 0.25) is 0 Å². The zero-order chi connectivity index (χ0) is 13.3. The molecule has 2 heterocycles. The Morgan fingerprint density at radius 1 is 1.44 bits per heavy atom. The van der Waals surface area contributed by atoms with Crippen LogP contribution in [0.1, 0.15) is 17.6 Å². The van der Waals surface area contributed by atoms with Crippen molar-refractivity contribution >= 4 is 17.6 Å². The number of aromatic amines is 1. The zero-order valence-electron chi connectivity index (χ0n) is 10.5. The average Bonchev–Trinajstić information content (AvgIpc) is 2.61. The molecule has 2 N–H and O–H groups in total. The normalized spacial score (nSPS) is 19.9. The number of nitrogens with zero attached hydrogens (tertiary/aromatic N) is 3. The summed E-state index contributed by atoms with van der Waals surface area (Å²) in [5.74, 6) is -0.263. The van der Waals surface area contributed by atoms with E-state index in [-0.39, 0.29) is 5.15 Å². The second kappa shape index (κ2) is 5.26. The van der Waals surface area contributed by atoms with Gasteiger partial charge in [-0.1, -0.05) is 11.6 Å². The van der Waals surface area contributed by atoms with Crippen molar-refractivity contribution in [2.75, 3.05) is 33.2 Å². The van der Waals surface area contributed by atoms with Crippen LogP contribution in [0.2, 0.25) is 5.15 Å². The molecule has 1 aromatic rings. The van der Waals surface area contributed by atoms with Crippen molar-refractivity contribution in [3.63, 3.8) is 0 Å². The van der Waals surface area contributed by atoms with Gasteiger partial charge in [0.1, 0.15) is 5.82 Å². The van der Waals surface area contributed by atoms with E-state index in [1.165, 1.54) is 0 Å². The largest absolute Gasteiger partial charge is 0.480 e. The Labute approximate surface area is 111 Å². The van der Waals surface area contributed by atoms with E-state index in [1.54, 1.807) is 6.92 Å². The number of hydrogen-bond donors (Lipinski definition) is 2. The number of aliphatic carboxylic acids is 1. The number of halogens is 1. The summed E-state index contributed by atoms with van der Waals surface area (Å²) >= 11 is 5.99. The SMILES string of the molecule is Cc1nc(Cl)c(C(C(=O)O)N2CCN(C)CC2)[nH]1. The summed E-state index contributed by atoms with van der Waals surface area (Å²) in [7, 11) is 2.03. The number of carboxylic acid groups (broad SMARTS) is 1. The van der Waals surface area contributed by atoms with Crippen molar-refractivity contribution in [3.05, 3.63) is 16.7 Å². The molecule has 1 atom stereocenters. The predicted molar refractivity (Wildman–Crippen MR) is 67.8 cm³/mol. The molecule has 7 heteroatoms. The van der Waals surface area contributed by atoms with Gasteiger partial charge in [0, 0.05) is 26.2 Å². The Bertz CT molecular complexity index is 440. The number of aryl methyl sites for hydroxylation is 1. The summed E-state index contributed by atoms with van der Waals surface area (Å²) in [6.45, 7) is 4.89. The highest BCUT2D eigenvalue weighted by molar-refractivity contribution is 6.30. The Morgan fingerprint density at radius 2 is 2.06 bits per heavy atom. The number of aromatic nitrogens is 2. The molecule has 1 fully saturated rings. The topological polar surface area (TPSA) is 72.5 Å². The van der Waals surface area contributed by atoms with Crippen molar-refractivity contribution < 1.29 is 9.90 Å². The molecule has 1 aliphatic heterocycles. The van der Waals surface area contributed by atoms with Gasteiger partial charge in [-0.3, -0.25) is 9.69 Å². The van der Waals surface area contributed by atoms with Crippen LogP contribution in [-0.4, -0.2) is 64.1 Å². The van der Waals surface area contributed by atoms with Crippen LogP contribution in [0.5, 0.6) is 0 Å². The minimum Gasteiger partial charge on any atom is -0.480 e. The number of rotatable bonds is 3. The molecule has 0 amide bonds. The van der Waals surface area contributed by atoms with E-state index < -0.39 is 12.0 Å². The Morgan fingerprint density at radius 3 is 2.50 bits per heavy atom. The monoisotopic (exact) mass is 272 g/mol. The molecule has 0 aromatic carbocycles. The lowest BCUT2D eigenvalue weighted by Crippen LogP contribution is -2.48. The van der Waals surface area contributed by atoms with Crippen LogP contribution in [-0.2, 0) is 4.79 Å². The van der Waals surface area contributed by atoms with E-state index in [4.69, 9.17) is 11.6 Å². The van der Waals surface area contributed by atoms with Crippen LogP contribution in [0.3, 0.4) is 0 Å². The highest BCUT2D eigenvalue weighted by Gasteiger charge is 2.32. The second-order valence-electron chi connectivity index (χ2n) is 4.61. The third-order valence-electron chi connectivity index (χ3n) is 3.21. The van der Waals surface area contributed by atoms with Crippen LogP contribution < -0.4 is 0 Å². The van der Waals surface area contributed by atoms with Crippen molar-refractivity contribution in [3.8, 4) is 0 Å². The smallest absolute Gasteiger partial charge is 0.327 e. The molecule has 0 saturated carbocycles. The Hall–Kier alpha value is -1.11. The molecule has 100 valence electrons. The predicted octanol–water partition coefficient (Wildman–Crippen LogP) is 0.745. The number of H-pyrrole nitrogens is 1. The molecule has 1 unspecified atom stereocenters. The molecule has 0 radical (unpaired) electrons. The summed E-state index contributed by atoms with van der Waals surface area (Å²) in [4.78, 5) is 22.6. The minimum atomic E-state index is -0.898. The number of hydrogen-bond acceptors (Lipinski definition) is 4. The van der Waals surface area contributed by atoms with Crippen LogP contribution in [0.4, 0.5) is 0 Å². The van der Waals surface area contributed by atoms with Crippen molar-refractivity contribution in [1.82, 2.24) is 19.8 Å². The van der Waals surface area contributed by atoms with Gasteiger partial charge in [0.15, 0.2) is 11.2 Å². The van der Waals surface area contributed by atoms with Gasteiger partial charge in [0.25, 0.3) is 0 Å². The maximum absolute atomic E-state index is 11.5. The molecule has 0 aliphatic carbocycles. The Balaban J connectivity index is 2.23. The van der Waals surface area contributed by atoms with Gasteiger partial charge in [-0.15, -0.1) is 0 Å². The van der Waals surface area contributed by atoms with Crippen molar-refractivity contribution in [2.24, 2.45) is 0 Å². The lowest BCUT2D eigenvalue weighted by molar-refractivity contribution is -0.144. The lowest BCUT2D eigenvalue weighted by Gasteiger charge is -2.35. The van der Waals surface area contributed by atoms with Crippen LogP contribution in [0.25, 0.3) is 0 Å². The summed E-state index contributed by atoms with van der Waals surface area (Å²) in [6.07, 6.45) is 0. The molecular weight excluding hydrogens is 256 g/mol. The molecule has 1 aromatic heterocycles. The molecule has 1 aliphatic rings. The van der Waals surface area contributed by atoms with E-state index in [2.05, 4.69) is 14.9 Å². The van der Waals surface area contributed by atoms with Gasteiger partial charge in [0.05, 0.1) is 5.69 Å². The number of piperazine rings is 1. The van der Waals surface area contributed by atoms with E-state index in [1.807, 2.05) is 11.9 Å². The van der Waals surface area contributed by atoms with Crippen LogP contribution >= 0.6 is 11.6 Å². The molecule has 1 saturated heterocycles. The fraction of sp³-hybridized carbons (Fsp3) is 0.636. The lowest BCUT2D eigenvalue weighted by atomic mass is 10.1. The zero-order valence-corrected chi connectivity index (χ0v) is 11.2. The molecule has 18 heavy (non-hydrogen) atoms. The highest BCUT2D eigenvalue weighted by atomic mass is 35.5. The first-order chi connectivity index (χ1) is 8.49. The maximum Gasteiger partial charge on any atom is 0.327 e. The van der Waals surface area contributed by atoms with Gasteiger partial charge < -0.3 is 15.0 Å². The average molecular weight is 273 g/mol. The summed E-state index contributed by atoms with van der Waals surface area (Å²) in [5.41, 5.74) is 0.478. The number of carbonyl (C=O) groups is 1. The Kier molecular flexibility index (Phi) is 3.89. The minimum absolute atomic E-state index is 0.249. The first-order valence-corrected chi connectivity index (χ1v) is 6.24. The fourth-order valence-corrected chi connectivity index (χ4v) is 2.48. The van der Waals surface area contributed by atoms with Crippen molar-refractivity contribution in [1.29, 1.82) is 0 Å². The van der Waals surface area contributed by atoms with Crippen LogP contribution in [0.15, 0.2) is 0 Å². The molecular formula is C11H17ClN4O2. The standard InChI is InChI=1S/C11H17ClN4O2/c1-7-13-8(10(12)14-7)9(11(17)18)16-5-3-15(2)4-6-16/h9H,3-6H2,1-2H3,(H,13,14)(H,17,18). The summed E-state index contributed by atoms with van der Waals surface area (Å²) in [5, 5.41) is 9.67. The van der Waals surface area contributed by atoms with Gasteiger partial charge >= 0.3 is 5.97 Å². The first kappa shape index (κ1) is 13.3. The molecule has 0 bridgehead atoms. The quantitative estimate of drug-likeness (QED) is 0.849. The molecule has 0 spiro atoms. The third-order valence-corrected chi connectivity index (χ3v) is 3.50. The van der Waals surface area contributed by atoms with Gasteiger partial charge in [-0.2, -0.15) is 0 Å². The van der Waals surface area contributed by atoms with Gasteiger partial charge in [-0.25, -0.2) is 4.98 Å². The van der Waals surface area contributed by atoms with E-state index in [0.29, 0.717) is 24.6 Å². The van der Waals surface area contributed by atoms with E-state index in [9.17, 15) is 9.90 Å². The summed E-state index contributed by atoms with van der Waals surface area (Å²) in [6, 6.07) is -0.743. The second-order valence-corrected chi connectivity index (χ2v) is 4.96. The number of likely N-dealkylation sites (N-methyl/N-ethyl adjacent to an activating group) is 1. The van der Waals surface area contributed by atoms with Gasteiger partial charge in [-0.05, 0) is 14.0 Å².